The first-order valence-corrected chi connectivity index (χ1v) is 9.03. The minimum absolute atomic E-state index is 0.113. The highest BCUT2D eigenvalue weighted by Crippen LogP contribution is 2.34. The van der Waals surface area contributed by atoms with Gasteiger partial charge in [0.2, 0.25) is 0 Å². The van der Waals surface area contributed by atoms with E-state index in [-0.39, 0.29) is 17.7 Å². The molecule has 0 radical (unpaired) electrons. The van der Waals surface area contributed by atoms with Gasteiger partial charge in [-0.05, 0) is 24.3 Å². The molecule has 1 aliphatic heterocycles. The predicted octanol–water partition coefficient (Wildman–Crippen LogP) is 3.19. The molecule has 1 aliphatic rings. The van der Waals surface area contributed by atoms with E-state index in [0.29, 0.717) is 17.9 Å². The Balaban J connectivity index is 1.55. The van der Waals surface area contributed by atoms with Gasteiger partial charge in [0.05, 0.1) is 18.3 Å². The second-order valence-electron chi connectivity index (χ2n) is 4.99. The first-order valence-electron chi connectivity index (χ1n) is 7.17. The molecule has 0 N–H and O–H groups in total. The van der Waals surface area contributed by atoms with Crippen molar-refractivity contribution in [3.05, 3.63) is 53.8 Å². The fourth-order valence-corrected chi connectivity index (χ4v) is 3.79. The zero-order valence-electron chi connectivity index (χ0n) is 12.4. The van der Waals surface area contributed by atoms with Crippen LogP contribution in [0.4, 0.5) is 0 Å². The molecule has 0 saturated carbocycles. The zero-order chi connectivity index (χ0) is 16.4. The third-order valence-corrected chi connectivity index (χ3v) is 5.35. The second-order valence-corrected chi connectivity index (χ2v) is 7.05. The molecule has 0 fully saturated rings. The van der Waals surface area contributed by atoms with Crippen molar-refractivity contribution in [3.8, 4) is 0 Å². The summed E-state index contributed by atoms with van der Waals surface area (Å²) in [7, 11) is 0. The van der Waals surface area contributed by atoms with E-state index in [4.69, 9.17) is 8.83 Å². The maximum Gasteiger partial charge on any atom is 0.253 e. The van der Waals surface area contributed by atoms with Gasteiger partial charge in [-0.15, -0.1) is 10.2 Å². The van der Waals surface area contributed by atoms with Crippen molar-refractivity contribution in [1.82, 2.24) is 15.2 Å². The molecule has 0 bridgehead atoms. The van der Waals surface area contributed by atoms with Gasteiger partial charge in [0.15, 0.2) is 4.34 Å². The van der Waals surface area contributed by atoms with E-state index in [9.17, 15) is 4.79 Å². The number of thioether (sulfide) groups is 1. The molecule has 0 aliphatic carbocycles. The highest BCUT2D eigenvalue weighted by molar-refractivity contribution is 8.01. The van der Waals surface area contributed by atoms with Crippen molar-refractivity contribution in [2.24, 2.45) is 5.10 Å². The van der Waals surface area contributed by atoms with Gasteiger partial charge in [0.25, 0.3) is 5.91 Å². The largest absolute Gasteiger partial charge is 0.467 e. The van der Waals surface area contributed by atoms with Gasteiger partial charge in [-0.3, -0.25) is 4.79 Å². The number of furan rings is 2. The van der Waals surface area contributed by atoms with Crippen molar-refractivity contribution < 1.29 is 13.6 Å². The summed E-state index contributed by atoms with van der Waals surface area (Å²) in [6.45, 7) is 0. The molecule has 7 nitrogen and oxygen atoms in total. The van der Waals surface area contributed by atoms with Crippen LogP contribution in [-0.4, -0.2) is 32.6 Å². The van der Waals surface area contributed by atoms with E-state index in [2.05, 4.69) is 15.3 Å². The Bertz CT molecular complexity index is 828. The molecular weight excluding hydrogens is 348 g/mol. The lowest BCUT2D eigenvalue weighted by atomic mass is 10.1. The summed E-state index contributed by atoms with van der Waals surface area (Å²) < 4.78 is 11.7. The van der Waals surface area contributed by atoms with Crippen molar-refractivity contribution in [3.63, 3.8) is 0 Å². The van der Waals surface area contributed by atoms with Gasteiger partial charge < -0.3 is 8.83 Å². The SMILES string of the molecule is O=C(CSc1nncs1)N1N=C(c2ccco2)CC1c1ccco1. The van der Waals surface area contributed by atoms with Crippen molar-refractivity contribution in [1.29, 1.82) is 0 Å². The molecule has 0 saturated heterocycles. The number of rotatable bonds is 5. The molecular formula is C15H12N4O3S2. The fourth-order valence-electron chi connectivity index (χ4n) is 2.45. The minimum Gasteiger partial charge on any atom is -0.467 e. The third-order valence-electron chi connectivity index (χ3n) is 3.50. The molecule has 122 valence electrons. The maximum absolute atomic E-state index is 12.6. The maximum atomic E-state index is 12.6. The van der Waals surface area contributed by atoms with Gasteiger partial charge >= 0.3 is 0 Å². The number of carbonyl (C=O) groups excluding carboxylic acids is 1. The Morgan fingerprint density at radius 1 is 1.33 bits per heavy atom. The Morgan fingerprint density at radius 2 is 2.21 bits per heavy atom. The Kier molecular flexibility index (Phi) is 4.18. The van der Waals surface area contributed by atoms with Crippen LogP contribution < -0.4 is 0 Å². The number of hydrazone groups is 1. The third kappa shape index (κ3) is 3.00. The Hall–Kier alpha value is -2.39. The summed E-state index contributed by atoms with van der Waals surface area (Å²) >= 11 is 2.76. The topological polar surface area (TPSA) is 84.7 Å². The molecule has 1 atom stereocenters. The monoisotopic (exact) mass is 360 g/mol. The molecule has 1 amide bonds. The lowest BCUT2D eigenvalue weighted by molar-refractivity contribution is -0.130. The molecule has 24 heavy (non-hydrogen) atoms. The number of aromatic nitrogens is 2. The average Bonchev–Trinajstić information content (AvgIpc) is 3.40. The van der Waals surface area contributed by atoms with Gasteiger partial charge in [0, 0.05) is 6.42 Å². The minimum atomic E-state index is -0.261. The summed E-state index contributed by atoms with van der Waals surface area (Å²) in [4.78, 5) is 12.6. The normalized spacial score (nSPS) is 17.2. The number of hydrogen-bond acceptors (Lipinski definition) is 8. The van der Waals surface area contributed by atoms with E-state index < -0.39 is 0 Å². The smallest absolute Gasteiger partial charge is 0.253 e. The van der Waals surface area contributed by atoms with Crippen LogP contribution in [0.1, 0.15) is 24.0 Å². The Morgan fingerprint density at radius 3 is 2.92 bits per heavy atom. The summed E-state index contributed by atoms with van der Waals surface area (Å²) in [5, 5.41) is 13.6. The highest BCUT2D eigenvalue weighted by Gasteiger charge is 2.35. The van der Waals surface area contributed by atoms with Crippen LogP contribution in [0.15, 0.2) is 60.6 Å². The summed E-state index contributed by atoms with van der Waals surface area (Å²) in [6.07, 6.45) is 3.74. The zero-order valence-corrected chi connectivity index (χ0v) is 14.0. The molecule has 4 rings (SSSR count). The molecule has 4 heterocycles. The quantitative estimate of drug-likeness (QED) is 0.650. The number of carbonyl (C=O) groups is 1. The van der Waals surface area contributed by atoms with E-state index in [1.165, 1.54) is 28.1 Å². The molecule has 3 aromatic heterocycles. The lowest BCUT2D eigenvalue weighted by Crippen LogP contribution is -2.28. The lowest BCUT2D eigenvalue weighted by Gasteiger charge is -2.19. The van der Waals surface area contributed by atoms with Crippen molar-refractivity contribution in [2.75, 3.05) is 5.75 Å². The van der Waals surface area contributed by atoms with E-state index >= 15 is 0 Å². The number of hydrogen-bond donors (Lipinski definition) is 0. The van der Waals surface area contributed by atoms with Gasteiger partial charge in [0.1, 0.15) is 28.8 Å². The number of nitrogens with zero attached hydrogens (tertiary/aromatic N) is 4. The van der Waals surface area contributed by atoms with E-state index in [0.717, 1.165) is 10.1 Å². The van der Waals surface area contributed by atoms with Gasteiger partial charge in [-0.25, -0.2) is 5.01 Å². The van der Waals surface area contributed by atoms with Crippen LogP contribution in [0.5, 0.6) is 0 Å². The van der Waals surface area contributed by atoms with Crippen LogP contribution in [0.3, 0.4) is 0 Å². The molecule has 0 aromatic carbocycles. The molecule has 1 unspecified atom stereocenters. The van der Waals surface area contributed by atoms with Crippen LogP contribution >= 0.6 is 23.1 Å². The first kappa shape index (κ1) is 15.2. The fraction of sp³-hybridized carbons (Fsp3) is 0.200. The van der Waals surface area contributed by atoms with Crippen LogP contribution in [0.2, 0.25) is 0 Å². The summed E-state index contributed by atoms with van der Waals surface area (Å²) in [5.41, 5.74) is 2.37. The standard InChI is InChI=1S/C15H12N4O3S2/c20-14(8-23-15-17-16-9-24-15)19-11(13-4-2-6-22-13)7-10(18-19)12-3-1-5-21-12/h1-6,9,11H,7-8H2. The van der Waals surface area contributed by atoms with Crippen molar-refractivity contribution in [2.45, 2.75) is 16.8 Å². The van der Waals surface area contributed by atoms with Crippen LogP contribution in [0, 0.1) is 0 Å². The summed E-state index contributed by atoms with van der Waals surface area (Å²) in [6, 6.07) is 7.03. The molecule has 9 heteroatoms. The highest BCUT2D eigenvalue weighted by atomic mass is 32.2. The molecule has 0 spiro atoms. The Labute approximate surface area is 145 Å². The average molecular weight is 360 g/mol. The second kappa shape index (κ2) is 6.62. The first-order chi connectivity index (χ1) is 11.8. The van der Waals surface area contributed by atoms with E-state index in [1.807, 2.05) is 12.1 Å². The van der Waals surface area contributed by atoms with Gasteiger partial charge in [-0.2, -0.15) is 5.10 Å². The van der Waals surface area contributed by atoms with E-state index in [1.54, 1.807) is 30.2 Å². The van der Waals surface area contributed by atoms with Crippen LogP contribution in [0.25, 0.3) is 0 Å². The predicted molar refractivity (Wildman–Crippen MR) is 88.8 cm³/mol. The van der Waals surface area contributed by atoms with Crippen molar-refractivity contribution >= 4 is 34.7 Å². The number of amides is 1. The molecule has 3 aromatic rings. The summed E-state index contributed by atoms with van der Waals surface area (Å²) in [5.74, 6) is 1.49. The van der Waals surface area contributed by atoms with Gasteiger partial charge in [-0.1, -0.05) is 23.1 Å². The van der Waals surface area contributed by atoms with Crippen LogP contribution in [-0.2, 0) is 4.79 Å².